The third kappa shape index (κ3) is 4.79. The zero-order chi connectivity index (χ0) is 21.9. The normalized spacial score (nSPS) is 22.7. The zero-order valence-corrected chi connectivity index (χ0v) is 18.7. The molecule has 3 aromatic rings. The number of piperidine rings is 1. The molecule has 5 rings (SSSR count). The first-order chi connectivity index (χ1) is 15.6. The van der Waals surface area contributed by atoms with Gasteiger partial charge in [-0.05, 0) is 74.2 Å². The van der Waals surface area contributed by atoms with E-state index in [2.05, 4.69) is 58.6 Å². The van der Waals surface area contributed by atoms with E-state index in [1.807, 2.05) is 30.5 Å². The minimum atomic E-state index is 0.345. The number of nitrogens with two attached hydrogens (primary N) is 1. The van der Waals surface area contributed by atoms with Gasteiger partial charge in [-0.15, -0.1) is 0 Å². The Bertz CT molecular complexity index is 1020. The second-order valence-corrected chi connectivity index (χ2v) is 9.19. The third-order valence-electron chi connectivity index (χ3n) is 6.95. The van der Waals surface area contributed by atoms with Gasteiger partial charge in [-0.2, -0.15) is 0 Å². The van der Waals surface area contributed by atoms with Gasteiger partial charge in [0.15, 0.2) is 0 Å². The van der Waals surface area contributed by atoms with Crippen LogP contribution in [0.2, 0.25) is 0 Å². The van der Waals surface area contributed by atoms with Crippen molar-refractivity contribution in [2.24, 2.45) is 0 Å². The lowest BCUT2D eigenvalue weighted by Crippen LogP contribution is -2.43. The van der Waals surface area contributed by atoms with Crippen LogP contribution in [0.25, 0.3) is 11.3 Å². The topological polar surface area (TPSA) is 63.4 Å². The van der Waals surface area contributed by atoms with Crippen molar-refractivity contribution < 1.29 is 4.74 Å². The highest BCUT2D eigenvalue weighted by Crippen LogP contribution is 2.36. The van der Waals surface area contributed by atoms with E-state index in [0.717, 1.165) is 48.6 Å². The molecule has 2 bridgehead atoms. The molecule has 0 spiro atoms. The summed E-state index contributed by atoms with van der Waals surface area (Å²) in [6.45, 7) is 1.58. The van der Waals surface area contributed by atoms with Gasteiger partial charge in [0.1, 0.15) is 11.9 Å². The fourth-order valence-electron chi connectivity index (χ4n) is 5.08. The van der Waals surface area contributed by atoms with Crippen LogP contribution in [0.3, 0.4) is 0 Å². The molecule has 2 fully saturated rings. The lowest BCUT2D eigenvalue weighted by molar-refractivity contribution is 0.0661. The number of pyridine rings is 1. The summed E-state index contributed by atoms with van der Waals surface area (Å²) in [5.41, 5.74) is 11.0. The molecule has 32 heavy (non-hydrogen) atoms. The summed E-state index contributed by atoms with van der Waals surface area (Å²) in [4.78, 5) is 7.15. The van der Waals surface area contributed by atoms with Crippen LogP contribution >= 0.6 is 0 Å². The number of nitrogen functional groups attached to an aromatic ring is 1. The largest absolute Gasteiger partial charge is 0.490 e. The zero-order valence-electron chi connectivity index (χ0n) is 18.7. The second kappa shape index (κ2) is 9.31. The number of nitrogens with zero attached hydrogens (tertiary/aromatic N) is 2. The number of anilines is 1. The van der Waals surface area contributed by atoms with Gasteiger partial charge in [0.25, 0.3) is 0 Å². The molecule has 3 atom stereocenters. The van der Waals surface area contributed by atoms with Crippen LogP contribution in [0.4, 0.5) is 5.69 Å². The van der Waals surface area contributed by atoms with Crippen molar-refractivity contribution in [1.29, 1.82) is 0 Å². The fraction of sp³-hybridized carbons (Fsp3) is 0.370. The van der Waals surface area contributed by atoms with Crippen molar-refractivity contribution in [3.63, 3.8) is 0 Å². The van der Waals surface area contributed by atoms with Gasteiger partial charge < -0.3 is 20.7 Å². The summed E-state index contributed by atoms with van der Waals surface area (Å²) < 4.78 is 6.38. The predicted molar refractivity (Wildman–Crippen MR) is 129 cm³/mol. The molecule has 2 aliphatic heterocycles. The van der Waals surface area contributed by atoms with E-state index in [9.17, 15) is 0 Å². The molecule has 0 amide bonds. The number of rotatable bonds is 7. The predicted octanol–water partition coefficient (Wildman–Crippen LogP) is 4.62. The molecular weight excluding hydrogens is 396 g/mol. The van der Waals surface area contributed by atoms with Gasteiger partial charge in [0.2, 0.25) is 0 Å². The average Bonchev–Trinajstić information content (AvgIpc) is 3.01. The van der Waals surface area contributed by atoms with E-state index in [1.54, 1.807) is 0 Å². The first-order valence-corrected chi connectivity index (χ1v) is 11.6. The van der Waals surface area contributed by atoms with E-state index in [4.69, 9.17) is 10.5 Å². The Hall–Kier alpha value is -2.89. The number of ether oxygens (including phenoxy) is 1. The van der Waals surface area contributed by atoms with E-state index in [0.29, 0.717) is 18.2 Å². The van der Waals surface area contributed by atoms with Crippen molar-refractivity contribution in [2.75, 3.05) is 12.8 Å². The molecule has 0 unspecified atom stereocenters. The second-order valence-electron chi connectivity index (χ2n) is 9.19. The van der Waals surface area contributed by atoms with Gasteiger partial charge in [-0.25, -0.2) is 0 Å². The Morgan fingerprint density at radius 3 is 2.44 bits per heavy atom. The minimum absolute atomic E-state index is 0.345. The highest BCUT2D eigenvalue weighted by atomic mass is 16.5. The monoisotopic (exact) mass is 428 g/mol. The number of nitrogens with one attached hydrogen (secondary N) is 1. The van der Waals surface area contributed by atoms with Crippen molar-refractivity contribution in [3.8, 4) is 17.0 Å². The van der Waals surface area contributed by atoms with E-state index in [1.165, 1.54) is 24.0 Å². The molecule has 0 saturated carbocycles. The van der Waals surface area contributed by atoms with Crippen LogP contribution in [0, 0.1) is 0 Å². The molecule has 0 radical (unpaired) electrons. The number of fused-ring (bicyclic) bond motifs is 2. The lowest BCUT2D eigenvalue weighted by atomic mass is 10.0. The molecule has 1 aromatic heterocycles. The van der Waals surface area contributed by atoms with Gasteiger partial charge in [0, 0.05) is 42.6 Å². The summed E-state index contributed by atoms with van der Waals surface area (Å²) >= 11 is 0. The molecule has 3 heterocycles. The Morgan fingerprint density at radius 2 is 1.72 bits per heavy atom. The van der Waals surface area contributed by atoms with Crippen LogP contribution in [0.5, 0.6) is 5.75 Å². The first-order valence-electron chi connectivity index (χ1n) is 11.6. The summed E-state index contributed by atoms with van der Waals surface area (Å²) in [6, 6.07) is 21.9. The van der Waals surface area contributed by atoms with Gasteiger partial charge in [0.05, 0.1) is 5.69 Å². The van der Waals surface area contributed by atoms with Crippen LogP contribution in [-0.4, -0.2) is 35.1 Å². The Morgan fingerprint density at radius 1 is 0.969 bits per heavy atom. The average molecular weight is 429 g/mol. The summed E-state index contributed by atoms with van der Waals surface area (Å²) in [5.74, 6) is 0.993. The van der Waals surface area contributed by atoms with Crippen LogP contribution < -0.4 is 15.8 Å². The van der Waals surface area contributed by atoms with Crippen LogP contribution in [0.1, 0.15) is 36.8 Å². The maximum atomic E-state index is 6.38. The van der Waals surface area contributed by atoms with Crippen molar-refractivity contribution >= 4 is 5.69 Å². The first kappa shape index (κ1) is 21.0. The Kier molecular flexibility index (Phi) is 6.10. The maximum absolute atomic E-state index is 6.38. The van der Waals surface area contributed by atoms with Crippen LogP contribution in [-0.2, 0) is 13.1 Å². The SMILES string of the molecule is CN1[C@@H]2CC[C@H]1C[C@@H](Oc1cccc(CNCc3ccc(-c4ccc(N)cc4)nc3)c1)C2. The van der Waals surface area contributed by atoms with E-state index in [-0.39, 0.29) is 0 Å². The molecule has 166 valence electrons. The lowest BCUT2D eigenvalue weighted by Gasteiger charge is -2.36. The molecular formula is C27H32N4O. The van der Waals surface area contributed by atoms with Gasteiger partial charge in [-0.1, -0.05) is 30.3 Å². The van der Waals surface area contributed by atoms with Crippen molar-refractivity contribution in [2.45, 2.75) is 57.0 Å². The van der Waals surface area contributed by atoms with E-state index >= 15 is 0 Å². The summed E-state index contributed by atoms with van der Waals surface area (Å²) in [7, 11) is 2.27. The Balaban J connectivity index is 1.13. The van der Waals surface area contributed by atoms with Crippen molar-refractivity contribution in [1.82, 2.24) is 15.2 Å². The van der Waals surface area contributed by atoms with Gasteiger partial charge in [-0.3, -0.25) is 4.98 Å². The quantitative estimate of drug-likeness (QED) is 0.538. The van der Waals surface area contributed by atoms with Crippen LogP contribution in [0.15, 0.2) is 66.9 Å². The van der Waals surface area contributed by atoms with Crippen molar-refractivity contribution in [3.05, 3.63) is 78.0 Å². The molecule has 2 aliphatic rings. The molecule has 0 aliphatic carbocycles. The van der Waals surface area contributed by atoms with E-state index < -0.39 is 0 Å². The highest BCUT2D eigenvalue weighted by molar-refractivity contribution is 5.61. The molecule has 2 aromatic carbocycles. The summed E-state index contributed by atoms with van der Waals surface area (Å²) in [5, 5.41) is 3.53. The van der Waals surface area contributed by atoms with Gasteiger partial charge >= 0.3 is 0 Å². The molecule has 5 heteroatoms. The highest BCUT2D eigenvalue weighted by Gasteiger charge is 2.39. The minimum Gasteiger partial charge on any atom is -0.490 e. The summed E-state index contributed by atoms with van der Waals surface area (Å²) in [6.07, 6.45) is 7.22. The number of hydrogen-bond donors (Lipinski definition) is 2. The Labute approximate surface area is 190 Å². The number of hydrogen-bond acceptors (Lipinski definition) is 5. The number of benzene rings is 2. The smallest absolute Gasteiger partial charge is 0.120 e. The standard InChI is InChI=1S/C27H32N4O/c1-31-23-10-11-24(31)15-26(14-23)32-25-4-2-3-19(13-25)16-29-17-20-5-12-27(30-18-20)21-6-8-22(28)9-7-21/h2-9,12-13,18,23-24,26,29H,10-11,14-17,28H2,1H3/t23-,24+,26+. The molecule has 3 N–H and O–H groups in total. The number of aromatic nitrogens is 1. The fourth-order valence-corrected chi connectivity index (χ4v) is 5.08. The third-order valence-corrected chi connectivity index (χ3v) is 6.95. The molecule has 2 saturated heterocycles. The maximum Gasteiger partial charge on any atom is 0.120 e. The molecule has 5 nitrogen and oxygen atoms in total.